The van der Waals surface area contributed by atoms with Gasteiger partial charge in [0.25, 0.3) is 0 Å². The Kier molecular flexibility index (Phi) is 7.04. The number of aryl methyl sites for hydroxylation is 1. The first kappa shape index (κ1) is 20.3. The molecule has 0 saturated heterocycles. The fourth-order valence-corrected chi connectivity index (χ4v) is 3.72. The topological polar surface area (TPSA) is 39.7 Å². The molecule has 0 bridgehead atoms. The molecule has 3 rings (SSSR count). The van der Waals surface area contributed by atoms with Gasteiger partial charge < -0.3 is 10.2 Å². The summed E-state index contributed by atoms with van der Waals surface area (Å²) in [6.45, 7) is 8.89. The van der Waals surface area contributed by atoms with Crippen molar-refractivity contribution in [1.82, 2.24) is 5.43 Å². The van der Waals surface area contributed by atoms with E-state index in [1.165, 1.54) is 29.7 Å². The predicted molar refractivity (Wildman–Crippen MR) is 125 cm³/mol. The monoisotopic (exact) mass is 394 g/mol. The smallest absolute Gasteiger partial charge is 0.191 e. The van der Waals surface area contributed by atoms with Crippen LogP contribution in [0.5, 0.6) is 0 Å². The second kappa shape index (κ2) is 9.69. The van der Waals surface area contributed by atoms with E-state index < -0.39 is 0 Å². The zero-order valence-corrected chi connectivity index (χ0v) is 17.9. The maximum absolute atomic E-state index is 5.33. The number of benzene rings is 2. The van der Waals surface area contributed by atoms with Gasteiger partial charge in [0.05, 0.1) is 6.21 Å². The van der Waals surface area contributed by atoms with Crippen LogP contribution >= 0.6 is 12.2 Å². The van der Waals surface area contributed by atoms with Crippen LogP contribution in [0, 0.1) is 0 Å². The predicted octanol–water partition coefficient (Wildman–Crippen LogP) is 5.29. The molecule has 0 saturated carbocycles. The second-order valence-corrected chi connectivity index (χ2v) is 7.99. The van der Waals surface area contributed by atoms with Crippen molar-refractivity contribution in [2.45, 2.75) is 46.0 Å². The van der Waals surface area contributed by atoms with Crippen LogP contribution in [0.4, 0.5) is 11.4 Å². The summed E-state index contributed by atoms with van der Waals surface area (Å²) < 4.78 is 0. The standard InChI is InChI=1S/C23H30N4S/c1-4-13-27-14-5-6-20-15-18(7-12-22(20)27)16-24-26-23(28)25-21-10-8-19(9-11-21)17(2)3/h7-12,15-17H,4-6,13-14H2,1-3H3,(H2,25,26,28)/b24-16+. The lowest BCUT2D eigenvalue weighted by Crippen LogP contribution is -2.30. The average molecular weight is 395 g/mol. The van der Waals surface area contributed by atoms with Gasteiger partial charge in [-0.15, -0.1) is 0 Å². The summed E-state index contributed by atoms with van der Waals surface area (Å²) in [5.41, 5.74) is 9.06. The van der Waals surface area contributed by atoms with E-state index in [9.17, 15) is 0 Å². The molecule has 0 fully saturated rings. The third kappa shape index (κ3) is 5.32. The third-order valence-corrected chi connectivity index (χ3v) is 5.22. The largest absolute Gasteiger partial charge is 0.371 e. The van der Waals surface area contributed by atoms with Crippen molar-refractivity contribution in [3.8, 4) is 0 Å². The summed E-state index contributed by atoms with van der Waals surface area (Å²) in [7, 11) is 0. The van der Waals surface area contributed by atoms with E-state index in [1.807, 2.05) is 18.3 Å². The van der Waals surface area contributed by atoms with Crippen molar-refractivity contribution < 1.29 is 0 Å². The highest BCUT2D eigenvalue weighted by atomic mass is 32.1. The lowest BCUT2D eigenvalue weighted by atomic mass is 9.99. The molecular weight excluding hydrogens is 364 g/mol. The average Bonchev–Trinajstić information content (AvgIpc) is 2.68. The maximum atomic E-state index is 5.33. The van der Waals surface area contributed by atoms with Crippen LogP contribution in [0.15, 0.2) is 47.6 Å². The van der Waals surface area contributed by atoms with Crippen molar-refractivity contribution in [2.75, 3.05) is 23.3 Å². The molecule has 0 amide bonds. The van der Waals surface area contributed by atoms with Gasteiger partial charge in [-0.25, -0.2) is 0 Å². The molecule has 2 aromatic rings. The Morgan fingerprint density at radius 3 is 2.71 bits per heavy atom. The van der Waals surface area contributed by atoms with Crippen molar-refractivity contribution in [2.24, 2.45) is 5.10 Å². The molecule has 1 heterocycles. The molecule has 4 nitrogen and oxygen atoms in total. The molecule has 0 spiro atoms. The molecule has 148 valence electrons. The lowest BCUT2D eigenvalue weighted by Gasteiger charge is -2.31. The zero-order valence-electron chi connectivity index (χ0n) is 17.0. The SMILES string of the molecule is CCCN1CCCc2cc(/C=N/NC(=S)Nc3ccc(C(C)C)cc3)ccc21. The molecule has 2 aromatic carbocycles. The number of hydrogen-bond donors (Lipinski definition) is 2. The van der Waals surface area contributed by atoms with E-state index >= 15 is 0 Å². The van der Waals surface area contributed by atoms with Gasteiger partial charge in [0.2, 0.25) is 0 Å². The number of fused-ring (bicyclic) bond motifs is 1. The molecular formula is C23H30N4S. The first-order valence-electron chi connectivity index (χ1n) is 10.1. The van der Waals surface area contributed by atoms with Gasteiger partial charge in [-0.05, 0) is 78.4 Å². The van der Waals surface area contributed by atoms with Crippen LogP contribution in [0.3, 0.4) is 0 Å². The first-order valence-corrected chi connectivity index (χ1v) is 10.6. The first-order chi connectivity index (χ1) is 13.6. The summed E-state index contributed by atoms with van der Waals surface area (Å²) in [6, 6.07) is 14.9. The Morgan fingerprint density at radius 1 is 1.21 bits per heavy atom. The van der Waals surface area contributed by atoms with Crippen LogP contribution in [0.1, 0.15) is 56.2 Å². The van der Waals surface area contributed by atoms with Crippen molar-refractivity contribution in [3.63, 3.8) is 0 Å². The number of rotatable bonds is 6. The fraction of sp³-hybridized carbons (Fsp3) is 0.391. The van der Waals surface area contributed by atoms with Crippen molar-refractivity contribution >= 4 is 34.9 Å². The van der Waals surface area contributed by atoms with Gasteiger partial charge in [-0.2, -0.15) is 5.10 Å². The van der Waals surface area contributed by atoms with E-state index in [1.54, 1.807) is 0 Å². The quantitative estimate of drug-likeness (QED) is 0.397. The molecule has 1 aliphatic rings. The van der Waals surface area contributed by atoms with Crippen molar-refractivity contribution in [3.05, 3.63) is 59.2 Å². The second-order valence-electron chi connectivity index (χ2n) is 7.58. The lowest BCUT2D eigenvalue weighted by molar-refractivity contribution is 0.681. The molecule has 0 aliphatic carbocycles. The van der Waals surface area contributed by atoms with Crippen LogP contribution in [-0.2, 0) is 6.42 Å². The van der Waals surface area contributed by atoms with Gasteiger partial charge in [-0.3, -0.25) is 5.43 Å². The number of hydrazone groups is 1. The fourth-order valence-electron chi connectivity index (χ4n) is 3.55. The summed E-state index contributed by atoms with van der Waals surface area (Å²) in [5, 5.41) is 7.95. The number of hydrogen-bond acceptors (Lipinski definition) is 3. The van der Waals surface area contributed by atoms with Gasteiger partial charge in [0, 0.05) is 24.5 Å². The summed E-state index contributed by atoms with van der Waals surface area (Å²) in [4.78, 5) is 2.49. The summed E-state index contributed by atoms with van der Waals surface area (Å²) in [5.74, 6) is 0.523. The number of anilines is 2. The normalized spacial score (nSPS) is 13.6. The number of thiocarbonyl (C=S) groups is 1. The highest BCUT2D eigenvalue weighted by molar-refractivity contribution is 7.80. The van der Waals surface area contributed by atoms with Crippen molar-refractivity contribution in [1.29, 1.82) is 0 Å². The van der Waals surface area contributed by atoms with Gasteiger partial charge in [0.1, 0.15) is 0 Å². The van der Waals surface area contributed by atoms with Crippen LogP contribution in [0.25, 0.3) is 0 Å². The number of nitrogens with one attached hydrogen (secondary N) is 2. The van der Waals surface area contributed by atoms with Crippen LogP contribution in [-0.4, -0.2) is 24.4 Å². The Labute approximate surface area is 174 Å². The minimum atomic E-state index is 0.487. The van der Waals surface area contributed by atoms with E-state index in [0.29, 0.717) is 11.0 Å². The molecule has 0 aromatic heterocycles. The Bertz CT molecular complexity index is 827. The minimum Gasteiger partial charge on any atom is -0.371 e. The highest BCUT2D eigenvalue weighted by Gasteiger charge is 2.15. The number of nitrogens with zero attached hydrogens (tertiary/aromatic N) is 2. The highest BCUT2D eigenvalue weighted by Crippen LogP contribution is 2.27. The third-order valence-electron chi connectivity index (χ3n) is 5.03. The maximum Gasteiger partial charge on any atom is 0.191 e. The van der Waals surface area contributed by atoms with Crippen LogP contribution in [0.2, 0.25) is 0 Å². The van der Waals surface area contributed by atoms with E-state index in [2.05, 4.69) is 71.8 Å². The summed E-state index contributed by atoms with van der Waals surface area (Å²) >= 11 is 5.33. The van der Waals surface area contributed by atoms with E-state index in [4.69, 9.17) is 12.2 Å². The van der Waals surface area contributed by atoms with E-state index in [-0.39, 0.29) is 0 Å². The van der Waals surface area contributed by atoms with Gasteiger partial charge in [-0.1, -0.05) is 39.0 Å². The zero-order chi connectivity index (χ0) is 19.9. The van der Waals surface area contributed by atoms with E-state index in [0.717, 1.165) is 30.8 Å². The molecule has 1 aliphatic heterocycles. The molecule has 28 heavy (non-hydrogen) atoms. The molecule has 0 radical (unpaired) electrons. The van der Waals surface area contributed by atoms with Crippen LogP contribution < -0.4 is 15.6 Å². The Balaban J connectivity index is 1.56. The molecule has 5 heteroatoms. The summed E-state index contributed by atoms with van der Waals surface area (Å²) in [6.07, 6.45) is 5.36. The Hall–Kier alpha value is -2.40. The van der Waals surface area contributed by atoms with Gasteiger partial charge >= 0.3 is 0 Å². The molecule has 2 N–H and O–H groups in total. The minimum absolute atomic E-state index is 0.487. The Morgan fingerprint density at radius 2 is 2.00 bits per heavy atom. The molecule has 0 atom stereocenters. The van der Waals surface area contributed by atoms with Gasteiger partial charge in [0.15, 0.2) is 5.11 Å². The molecule has 0 unspecified atom stereocenters.